The molecule has 6 heteroatoms. The Labute approximate surface area is 109 Å². The van der Waals surface area contributed by atoms with Crippen LogP contribution in [0.1, 0.15) is 12.6 Å². The molecule has 0 aliphatic rings. The molecule has 1 heterocycles. The fourth-order valence-electron chi connectivity index (χ4n) is 1.75. The number of aliphatic carboxylic acids is 1. The number of aromatic nitrogens is 2. The van der Waals surface area contributed by atoms with E-state index in [-0.39, 0.29) is 12.3 Å². The van der Waals surface area contributed by atoms with Crippen molar-refractivity contribution in [1.82, 2.24) is 15.3 Å². The molecule has 0 unspecified atom stereocenters. The van der Waals surface area contributed by atoms with E-state index in [9.17, 15) is 9.59 Å². The molecule has 0 aliphatic heterocycles. The highest BCUT2D eigenvalue weighted by Crippen LogP contribution is 2.09. The van der Waals surface area contributed by atoms with Gasteiger partial charge in [-0.25, -0.2) is 9.78 Å². The van der Waals surface area contributed by atoms with Crippen LogP contribution in [0.3, 0.4) is 0 Å². The molecule has 1 aromatic heterocycles. The molecule has 2 N–H and O–H groups in total. The molecule has 2 rings (SSSR count). The summed E-state index contributed by atoms with van der Waals surface area (Å²) in [5, 5.41) is 11.4. The molecule has 0 saturated carbocycles. The van der Waals surface area contributed by atoms with Gasteiger partial charge in [-0.15, -0.1) is 0 Å². The third kappa shape index (κ3) is 3.25. The van der Waals surface area contributed by atoms with Crippen LogP contribution in [0.25, 0.3) is 11.0 Å². The van der Waals surface area contributed by atoms with Gasteiger partial charge in [-0.3, -0.25) is 9.78 Å². The third-order valence-electron chi connectivity index (χ3n) is 2.59. The van der Waals surface area contributed by atoms with Gasteiger partial charge in [-0.2, -0.15) is 0 Å². The molecule has 1 atom stereocenters. The van der Waals surface area contributed by atoms with Crippen molar-refractivity contribution in [3.05, 3.63) is 36.2 Å². The summed E-state index contributed by atoms with van der Waals surface area (Å²) in [5.74, 6) is -1.48. The van der Waals surface area contributed by atoms with Gasteiger partial charge in [0, 0.05) is 19.5 Å². The largest absolute Gasteiger partial charge is 0.480 e. The van der Waals surface area contributed by atoms with Crippen molar-refractivity contribution in [3.63, 3.8) is 0 Å². The number of rotatable bonds is 4. The van der Waals surface area contributed by atoms with Crippen molar-refractivity contribution < 1.29 is 14.7 Å². The molecule has 1 amide bonds. The van der Waals surface area contributed by atoms with E-state index in [0.717, 1.165) is 5.52 Å². The number of benzene rings is 1. The fraction of sp³-hybridized carbons (Fsp3) is 0.231. The van der Waals surface area contributed by atoms with Crippen LogP contribution in [-0.4, -0.2) is 33.0 Å². The Bertz CT molecular complexity index is 627. The fourth-order valence-corrected chi connectivity index (χ4v) is 1.75. The van der Waals surface area contributed by atoms with Crippen LogP contribution in [0.15, 0.2) is 30.5 Å². The Kier molecular flexibility index (Phi) is 3.70. The predicted octanol–water partition coefficient (Wildman–Crippen LogP) is 0.762. The summed E-state index contributed by atoms with van der Waals surface area (Å²) in [4.78, 5) is 30.5. The molecule has 0 fully saturated rings. The minimum absolute atomic E-state index is 0.104. The van der Waals surface area contributed by atoms with Gasteiger partial charge < -0.3 is 10.4 Å². The second-order valence-electron chi connectivity index (χ2n) is 4.15. The van der Waals surface area contributed by atoms with Gasteiger partial charge >= 0.3 is 5.97 Å². The van der Waals surface area contributed by atoms with Gasteiger partial charge in [0.15, 0.2) is 0 Å². The number of carbonyl (C=O) groups is 2. The van der Waals surface area contributed by atoms with Crippen molar-refractivity contribution in [2.24, 2.45) is 0 Å². The zero-order valence-corrected chi connectivity index (χ0v) is 10.3. The van der Waals surface area contributed by atoms with Gasteiger partial charge in [0.25, 0.3) is 0 Å². The van der Waals surface area contributed by atoms with Gasteiger partial charge in [0.2, 0.25) is 5.91 Å². The Morgan fingerprint density at radius 2 is 2.00 bits per heavy atom. The first-order valence-electron chi connectivity index (χ1n) is 5.77. The van der Waals surface area contributed by atoms with E-state index in [1.807, 2.05) is 18.2 Å². The van der Waals surface area contributed by atoms with Crippen LogP contribution in [0.4, 0.5) is 0 Å². The lowest BCUT2D eigenvalue weighted by Crippen LogP contribution is -2.41. The summed E-state index contributed by atoms with van der Waals surface area (Å²) in [6.07, 6.45) is 1.63. The molecule has 0 radical (unpaired) electrons. The summed E-state index contributed by atoms with van der Waals surface area (Å²) in [7, 11) is 0. The molecule has 98 valence electrons. The highest BCUT2D eigenvalue weighted by Gasteiger charge is 2.19. The molecule has 0 saturated heterocycles. The topological polar surface area (TPSA) is 92.2 Å². The molecular weight excluding hydrogens is 246 g/mol. The summed E-state index contributed by atoms with van der Waals surface area (Å²) in [6.45, 7) is 1.28. The van der Waals surface area contributed by atoms with Crippen molar-refractivity contribution >= 4 is 22.9 Å². The summed E-state index contributed by atoms with van der Waals surface area (Å²) in [5.41, 5.74) is 1.98. The molecule has 0 bridgehead atoms. The lowest BCUT2D eigenvalue weighted by molar-refractivity contribution is -0.141. The van der Waals surface area contributed by atoms with E-state index in [1.165, 1.54) is 13.1 Å². The van der Waals surface area contributed by atoms with Crippen LogP contribution < -0.4 is 5.32 Å². The van der Waals surface area contributed by atoms with Crippen LogP contribution in [0, 0.1) is 0 Å². The van der Waals surface area contributed by atoms with E-state index in [2.05, 4.69) is 15.3 Å². The van der Waals surface area contributed by atoms with Crippen molar-refractivity contribution in [2.75, 3.05) is 0 Å². The van der Waals surface area contributed by atoms with E-state index in [4.69, 9.17) is 5.11 Å². The molecule has 0 spiro atoms. The lowest BCUT2D eigenvalue weighted by atomic mass is 10.1. The number of nitrogens with zero attached hydrogens (tertiary/aromatic N) is 2. The van der Waals surface area contributed by atoms with Gasteiger partial charge in [-0.05, 0) is 12.1 Å². The quantitative estimate of drug-likeness (QED) is 0.845. The number of amides is 1. The normalized spacial score (nSPS) is 12.1. The molecule has 0 aliphatic carbocycles. The first kappa shape index (κ1) is 12.9. The number of carboxylic acids is 1. The first-order valence-corrected chi connectivity index (χ1v) is 5.77. The summed E-state index contributed by atoms with van der Waals surface area (Å²) in [6, 6.07) is 6.33. The van der Waals surface area contributed by atoms with Crippen LogP contribution in [-0.2, 0) is 16.0 Å². The number of hydrogen-bond donors (Lipinski definition) is 2. The maximum Gasteiger partial charge on any atom is 0.326 e. The lowest BCUT2D eigenvalue weighted by Gasteiger charge is -2.12. The van der Waals surface area contributed by atoms with Crippen molar-refractivity contribution in [2.45, 2.75) is 19.4 Å². The van der Waals surface area contributed by atoms with Gasteiger partial charge in [0.1, 0.15) is 6.04 Å². The van der Waals surface area contributed by atoms with Crippen molar-refractivity contribution in [1.29, 1.82) is 0 Å². The van der Waals surface area contributed by atoms with E-state index >= 15 is 0 Å². The number of carbonyl (C=O) groups excluding carboxylic acids is 1. The number of para-hydroxylation sites is 2. The Balaban J connectivity index is 2.23. The number of carboxylic acid groups (broad SMARTS) is 1. The molecule has 1 aromatic carbocycles. The number of nitrogens with one attached hydrogen (secondary N) is 1. The average molecular weight is 259 g/mol. The van der Waals surface area contributed by atoms with Gasteiger partial charge in [0.05, 0.1) is 16.7 Å². The van der Waals surface area contributed by atoms with E-state index in [1.54, 1.807) is 6.07 Å². The predicted molar refractivity (Wildman–Crippen MR) is 68.5 cm³/mol. The molecule has 6 nitrogen and oxygen atoms in total. The monoisotopic (exact) mass is 259 g/mol. The Hall–Kier alpha value is -2.50. The highest BCUT2D eigenvalue weighted by atomic mass is 16.4. The summed E-state index contributed by atoms with van der Waals surface area (Å²) >= 11 is 0. The maximum atomic E-state index is 11.0. The molecular formula is C13H13N3O3. The first-order chi connectivity index (χ1) is 9.06. The average Bonchev–Trinajstić information content (AvgIpc) is 2.37. The zero-order chi connectivity index (χ0) is 13.8. The second-order valence-corrected chi connectivity index (χ2v) is 4.15. The number of fused-ring (bicyclic) bond motifs is 1. The van der Waals surface area contributed by atoms with Crippen molar-refractivity contribution in [3.8, 4) is 0 Å². The smallest absolute Gasteiger partial charge is 0.326 e. The zero-order valence-electron chi connectivity index (χ0n) is 10.3. The number of hydrogen-bond acceptors (Lipinski definition) is 4. The van der Waals surface area contributed by atoms with Crippen LogP contribution in [0.5, 0.6) is 0 Å². The third-order valence-corrected chi connectivity index (χ3v) is 2.59. The Morgan fingerprint density at radius 1 is 1.32 bits per heavy atom. The van der Waals surface area contributed by atoms with Crippen LogP contribution in [0.2, 0.25) is 0 Å². The molecule has 2 aromatic rings. The standard InChI is InChI=1S/C13H13N3O3/c1-8(17)15-12(13(18)19)6-9-7-14-10-4-2-3-5-11(10)16-9/h2-5,7,12H,6H2,1H3,(H,15,17)(H,18,19)/t12-/m1/s1. The molecule has 19 heavy (non-hydrogen) atoms. The second kappa shape index (κ2) is 5.43. The highest BCUT2D eigenvalue weighted by molar-refractivity contribution is 5.82. The van der Waals surface area contributed by atoms with E-state index < -0.39 is 12.0 Å². The van der Waals surface area contributed by atoms with E-state index in [0.29, 0.717) is 11.2 Å². The minimum Gasteiger partial charge on any atom is -0.480 e. The summed E-state index contributed by atoms with van der Waals surface area (Å²) < 4.78 is 0. The van der Waals surface area contributed by atoms with Crippen LogP contribution >= 0.6 is 0 Å². The van der Waals surface area contributed by atoms with Gasteiger partial charge in [-0.1, -0.05) is 12.1 Å². The minimum atomic E-state index is -1.09. The maximum absolute atomic E-state index is 11.0. The SMILES string of the molecule is CC(=O)N[C@H](Cc1cnc2ccccc2n1)C(=O)O. The Morgan fingerprint density at radius 3 is 2.63 bits per heavy atom.